The second-order valence-corrected chi connectivity index (χ2v) is 6.04. The van der Waals surface area contributed by atoms with Crippen LogP contribution in [0.2, 0.25) is 0 Å². The number of hydrogen-bond donors (Lipinski definition) is 1. The minimum Gasteiger partial charge on any atom is -0.387 e. The first-order valence-electron chi connectivity index (χ1n) is 6.22. The topological polar surface area (TPSA) is 29.5 Å². The van der Waals surface area contributed by atoms with Gasteiger partial charge < -0.3 is 9.84 Å². The highest BCUT2D eigenvalue weighted by molar-refractivity contribution is 7.12. The molecule has 2 heterocycles. The molecular weight excluding hydrogens is 220 g/mol. The maximum Gasteiger partial charge on any atom is 0.0932 e. The van der Waals surface area contributed by atoms with Crippen LogP contribution in [0, 0.1) is 5.92 Å². The van der Waals surface area contributed by atoms with Gasteiger partial charge in [0.2, 0.25) is 0 Å². The molecule has 2 aliphatic rings. The molecule has 88 valence electrons. The van der Waals surface area contributed by atoms with Crippen molar-refractivity contribution in [2.75, 3.05) is 13.2 Å². The molecule has 1 aromatic heterocycles. The highest BCUT2D eigenvalue weighted by Crippen LogP contribution is 2.37. The van der Waals surface area contributed by atoms with Crippen LogP contribution in [0.3, 0.4) is 0 Å². The average molecular weight is 238 g/mol. The second-order valence-electron chi connectivity index (χ2n) is 4.87. The smallest absolute Gasteiger partial charge is 0.0932 e. The highest BCUT2D eigenvalue weighted by atomic mass is 32.1. The number of thiophene rings is 1. The van der Waals surface area contributed by atoms with E-state index in [1.165, 1.54) is 34.6 Å². The van der Waals surface area contributed by atoms with Gasteiger partial charge in [-0.2, -0.15) is 0 Å². The normalized spacial score (nSPS) is 26.7. The fourth-order valence-electron chi connectivity index (χ4n) is 2.74. The molecular formula is C13H18O2S. The number of aliphatic hydroxyl groups excluding tert-OH is 1. The van der Waals surface area contributed by atoms with Gasteiger partial charge in [-0.3, -0.25) is 0 Å². The Labute approximate surface area is 100 Å². The van der Waals surface area contributed by atoms with Gasteiger partial charge in [0.25, 0.3) is 0 Å². The maximum atomic E-state index is 10.3. The molecule has 2 atom stereocenters. The largest absolute Gasteiger partial charge is 0.387 e. The van der Waals surface area contributed by atoms with Crippen LogP contribution in [0.1, 0.15) is 40.7 Å². The number of aryl methyl sites for hydroxylation is 2. The van der Waals surface area contributed by atoms with E-state index in [-0.39, 0.29) is 6.10 Å². The minimum atomic E-state index is -0.295. The molecule has 1 N–H and O–H groups in total. The number of ether oxygens (including phenoxy) is 1. The summed E-state index contributed by atoms with van der Waals surface area (Å²) >= 11 is 1.82. The third-order valence-electron chi connectivity index (χ3n) is 3.70. The molecule has 0 amide bonds. The SMILES string of the molecule is OC(c1cc2c(s1)CCC2)C1CCCOC1. The minimum absolute atomic E-state index is 0.295. The van der Waals surface area contributed by atoms with Crippen LogP contribution in [-0.4, -0.2) is 18.3 Å². The highest BCUT2D eigenvalue weighted by Gasteiger charge is 2.26. The van der Waals surface area contributed by atoms with E-state index >= 15 is 0 Å². The zero-order valence-corrected chi connectivity index (χ0v) is 10.3. The lowest BCUT2D eigenvalue weighted by Gasteiger charge is -2.26. The van der Waals surface area contributed by atoms with Crippen molar-refractivity contribution in [1.82, 2.24) is 0 Å². The lowest BCUT2D eigenvalue weighted by molar-refractivity contribution is -0.00864. The molecule has 3 heteroatoms. The van der Waals surface area contributed by atoms with E-state index in [1.807, 2.05) is 11.3 Å². The summed E-state index contributed by atoms with van der Waals surface area (Å²) in [6, 6.07) is 2.23. The predicted octanol–water partition coefficient (Wildman–Crippen LogP) is 2.70. The monoisotopic (exact) mass is 238 g/mol. The molecule has 1 fully saturated rings. The summed E-state index contributed by atoms with van der Waals surface area (Å²) in [6.07, 6.45) is 5.62. The van der Waals surface area contributed by atoms with Crippen LogP contribution in [0.15, 0.2) is 6.07 Å². The summed E-state index contributed by atoms with van der Waals surface area (Å²) in [4.78, 5) is 2.67. The lowest BCUT2D eigenvalue weighted by atomic mass is 9.95. The molecule has 0 radical (unpaired) electrons. The Balaban J connectivity index is 1.75. The third-order valence-corrected chi connectivity index (χ3v) is 5.01. The fourth-order valence-corrected chi connectivity index (χ4v) is 4.08. The van der Waals surface area contributed by atoms with Crippen LogP contribution >= 0.6 is 11.3 Å². The standard InChI is InChI=1S/C13H18O2S/c14-13(10-4-2-6-15-8-10)12-7-9-3-1-5-11(9)16-12/h7,10,13-14H,1-6,8H2. The van der Waals surface area contributed by atoms with Crippen molar-refractivity contribution in [2.45, 2.75) is 38.2 Å². The molecule has 0 saturated carbocycles. The van der Waals surface area contributed by atoms with E-state index in [0.717, 1.165) is 26.1 Å². The maximum absolute atomic E-state index is 10.3. The molecule has 1 saturated heterocycles. The van der Waals surface area contributed by atoms with Crippen molar-refractivity contribution < 1.29 is 9.84 Å². The van der Waals surface area contributed by atoms with Gasteiger partial charge in [-0.05, 0) is 43.7 Å². The van der Waals surface area contributed by atoms with Gasteiger partial charge in [-0.1, -0.05) is 0 Å². The Morgan fingerprint density at radius 1 is 1.38 bits per heavy atom. The summed E-state index contributed by atoms with van der Waals surface area (Å²) in [5.74, 6) is 0.313. The van der Waals surface area contributed by atoms with E-state index in [1.54, 1.807) is 0 Å². The van der Waals surface area contributed by atoms with Crippen molar-refractivity contribution in [2.24, 2.45) is 5.92 Å². The second kappa shape index (κ2) is 4.47. The summed E-state index contributed by atoms with van der Waals surface area (Å²) < 4.78 is 5.45. The van der Waals surface area contributed by atoms with E-state index in [9.17, 15) is 5.11 Å². The number of hydrogen-bond acceptors (Lipinski definition) is 3. The van der Waals surface area contributed by atoms with E-state index in [2.05, 4.69) is 6.07 Å². The third kappa shape index (κ3) is 1.92. The van der Waals surface area contributed by atoms with Gasteiger partial charge in [0.15, 0.2) is 0 Å². The Morgan fingerprint density at radius 3 is 3.06 bits per heavy atom. The molecule has 0 spiro atoms. The lowest BCUT2D eigenvalue weighted by Crippen LogP contribution is -2.23. The fraction of sp³-hybridized carbons (Fsp3) is 0.692. The molecule has 16 heavy (non-hydrogen) atoms. The van der Waals surface area contributed by atoms with Gasteiger partial charge in [0.1, 0.15) is 0 Å². The van der Waals surface area contributed by atoms with E-state index in [0.29, 0.717) is 5.92 Å². The Bertz CT molecular complexity index is 345. The van der Waals surface area contributed by atoms with Gasteiger partial charge in [-0.25, -0.2) is 0 Å². The Morgan fingerprint density at radius 2 is 2.31 bits per heavy atom. The summed E-state index contributed by atoms with van der Waals surface area (Å²) in [7, 11) is 0. The van der Waals surface area contributed by atoms with Gasteiger partial charge in [0.05, 0.1) is 12.7 Å². The number of aliphatic hydroxyl groups is 1. The summed E-state index contributed by atoms with van der Waals surface area (Å²) in [5, 5.41) is 10.3. The van der Waals surface area contributed by atoms with Gasteiger partial charge in [-0.15, -0.1) is 11.3 Å². The van der Waals surface area contributed by atoms with E-state index in [4.69, 9.17) is 4.74 Å². The van der Waals surface area contributed by atoms with Crippen LogP contribution in [-0.2, 0) is 17.6 Å². The molecule has 0 aromatic carbocycles. The number of fused-ring (bicyclic) bond motifs is 1. The van der Waals surface area contributed by atoms with Crippen molar-refractivity contribution in [3.63, 3.8) is 0 Å². The zero-order chi connectivity index (χ0) is 11.0. The first-order valence-corrected chi connectivity index (χ1v) is 7.03. The summed E-state index contributed by atoms with van der Waals surface area (Å²) in [5.41, 5.74) is 1.48. The van der Waals surface area contributed by atoms with Crippen molar-refractivity contribution in [3.05, 3.63) is 21.4 Å². The van der Waals surface area contributed by atoms with Crippen molar-refractivity contribution >= 4 is 11.3 Å². The quantitative estimate of drug-likeness (QED) is 0.858. The van der Waals surface area contributed by atoms with E-state index < -0.39 is 0 Å². The van der Waals surface area contributed by atoms with Crippen LogP contribution < -0.4 is 0 Å². The van der Waals surface area contributed by atoms with Crippen LogP contribution in [0.4, 0.5) is 0 Å². The molecule has 2 nitrogen and oxygen atoms in total. The molecule has 1 aliphatic heterocycles. The average Bonchev–Trinajstić information content (AvgIpc) is 2.89. The van der Waals surface area contributed by atoms with Crippen LogP contribution in [0.25, 0.3) is 0 Å². The first-order chi connectivity index (χ1) is 7.84. The molecule has 3 rings (SSSR count). The molecule has 2 unspecified atom stereocenters. The number of rotatable bonds is 2. The molecule has 1 aliphatic carbocycles. The van der Waals surface area contributed by atoms with Crippen molar-refractivity contribution in [1.29, 1.82) is 0 Å². The van der Waals surface area contributed by atoms with Gasteiger partial charge in [0, 0.05) is 22.3 Å². The molecule has 0 bridgehead atoms. The first kappa shape index (κ1) is 10.8. The Hall–Kier alpha value is -0.380. The molecule has 1 aromatic rings. The zero-order valence-electron chi connectivity index (χ0n) is 9.45. The van der Waals surface area contributed by atoms with Crippen LogP contribution in [0.5, 0.6) is 0 Å². The summed E-state index contributed by atoms with van der Waals surface area (Å²) in [6.45, 7) is 1.59. The van der Waals surface area contributed by atoms with Gasteiger partial charge >= 0.3 is 0 Å². The Kier molecular flexibility index (Phi) is 3.01. The predicted molar refractivity (Wildman–Crippen MR) is 64.8 cm³/mol. The van der Waals surface area contributed by atoms with Crippen molar-refractivity contribution in [3.8, 4) is 0 Å².